The number of alkyl carbamates (subject to hydrolysis) is 1. The minimum atomic E-state index is -1.86. The van der Waals surface area contributed by atoms with Gasteiger partial charge in [-0.15, -0.1) is 0 Å². The second-order valence-electron chi connectivity index (χ2n) is 21.0. The molecule has 76 heavy (non-hydrogen) atoms. The number of aryl methyl sites for hydroxylation is 2. The number of amides is 4. The van der Waals surface area contributed by atoms with Crippen molar-refractivity contribution >= 4 is 80.2 Å². The second-order valence-corrected chi connectivity index (χ2v) is 24.5. The molecule has 2 aromatic rings. The molecule has 4 bridgehead atoms. The Morgan fingerprint density at radius 1 is 1.12 bits per heavy atom. The number of allylic oxidation sites excluding steroid dienone is 3. The van der Waals surface area contributed by atoms with Gasteiger partial charge in [-0.1, -0.05) is 63.9 Å². The quantitative estimate of drug-likeness (QED) is 0.0423. The zero-order valence-electron chi connectivity index (χ0n) is 45.7. The maximum absolute atomic E-state index is 14.4. The van der Waals surface area contributed by atoms with Crippen molar-refractivity contribution in [2.75, 3.05) is 45.6 Å². The lowest BCUT2D eigenvalue weighted by Crippen LogP contribution is -2.63. The fourth-order valence-corrected chi connectivity index (χ4v) is 12.6. The number of ether oxygens (including phenoxy) is 6. The molecule has 6 rings (SSSR count). The zero-order valence-corrected chi connectivity index (χ0v) is 48.1. The maximum atomic E-state index is 14.4. The van der Waals surface area contributed by atoms with Crippen LogP contribution in [-0.4, -0.2) is 138 Å². The number of carbonyl (C=O) groups excluding carboxylic acids is 6. The maximum Gasteiger partial charge on any atom is 0.409 e. The van der Waals surface area contributed by atoms with Crippen LogP contribution >= 0.6 is 33.2 Å². The second kappa shape index (κ2) is 25.6. The topological polar surface area (TPSA) is 224 Å². The molecular formula is C55H74ClN5O13S2. The van der Waals surface area contributed by atoms with E-state index in [1.807, 2.05) is 45.9 Å². The van der Waals surface area contributed by atoms with Gasteiger partial charge in [-0.2, -0.15) is 5.10 Å². The molecule has 4 aliphatic rings. The number of nitrogens with one attached hydrogen (secondary N) is 2. The number of ketones is 1. The van der Waals surface area contributed by atoms with Crippen molar-refractivity contribution in [3.05, 3.63) is 75.3 Å². The highest BCUT2D eigenvalue weighted by Crippen LogP contribution is 2.49. The number of methoxy groups -OCH3 is 2. The molecule has 0 unspecified atom stereocenters. The number of hydrazone groups is 1. The van der Waals surface area contributed by atoms with E-state index in [2.05, 4.69) is 15.8 Å². The van der Waals surface area contributed by atoms with Crippen LogP contribution in [-0.2, 0) is 55.8 Å². The Morgan fingerprint density at radius 2 is 1.86 bits per heavy atom. The summed E-state index contributed by atoms with van der Waals surface area (Å²) in [5.41, 5.74) is 5.59. The summed E-state index contributed by atoms with van der Waals surface area (Å²) in [6.45, 7) is 14.9. The molecule has 8 atom stereocenters. The van der Waals surface area contributed by atoms with E-state index in [1.165, 1.54) is 52.7 Å². The van der Waals surface area contributed by atoms with Crippen LogP contribution in [0.2, 0.25) is 5.02 Å². The first kappa shape index (κ1) is 60.1. The number of carbonyl (C=O) groups is 6. The summed E-state index contributed by atoms with van der Waals surface area (Å²) >= 11 is 6.84. The van der Waals surface area contributed by atoms with E-state index < -0.39 is 70.4 Å². The monoisotopic (exact) mass is 1110 g/mol. The molecule has 4 amide bonds. The molecule has 2 aromatic carbocycles. The van der Waals surface area contributed by atoms with Crippen LogP contribution in [0.5, 0.6) is 11.5 Å². The third-order valence-electron chi connectivity index (χ3n) is 14.4. The average Bonchev–Trinajstić information content (AvgIpc) is 3.88. The Morgan fingerprint density at radius 3 is 2.55 bits per heavy atom. The highest BCUT2D eigenvalue weighted by Gasteiger charge is 2.64. The van der Waals surface area contributed by atoms with E-state index in [1.54, 1.807) is 59.0 Å². The molecule has 0 radical (unpaired) electrons. The Labute approximate surface area is 459 Å². The van der Waals surface area contributed by atoms with Gasteiger partial charge in [0.05, 0.1) is 37.6 Å². The summed E-state index contributed by atoms with van der Waals surface area (Å²) in [6.07, 6.45) is 3.45. The molecule has 3 heterocycles. The summed E-state index contributed by atoms with van der Waals surface area (Å²) in [5.74, 6) is -0.746. The number of fused-ring (bicyclic) bond motifs is 6. The van der Waals surface area contributed by atoms with Gasteiger partial charge in [-0.25, -0.2) is 15.0 Å². The van der Waals surface area contributed by atoms with Gasteiger partial charge in [0.2, 0.25) is 17.7 Å². The lowest BCUT2D eigenvalue weighted by atomic mass is 9.83. The van der Waals surface area contributed by atoms with Crippen molar-refractivity contribution in [1.29, 1.82) is 0 Å². The van der Waals surface area contributed by atoms with Crippen LogP contribution in [0.1, 0.15) is 116 Å². The third-order valence-corrected chi connectivity index (χ3v) is 18.0. The molecule has 21 heteroatoms. The van der Waals surface area contributed by atoms with Crippen LogP contribution < -0.4 is 25.1 Å². The number of Topliss-reactive ketones (excluding diaryl/α,β-unsaturated/α-hetero) is 1. The number of anilines is 1. The molecule has 416 valence electrons. The molecule has 0 aromatic heterocycles. The lowest BCUT2D eigenvalue weighted by Gasteiger charge is -2.42. The minimum Gasteiger partial charge on any atom is -0.495 e. The number of hydrogen-bond donors (Lipinski definition) is 3. The summed E-state index contributed by atoms with van der Waals surface area (Å²) in [7, 11) is 8.90. The van der Waals surface area contributed by atoms with Crippen LogP contribution in [0.15, 0.2) is 53.2 Å². The highest BCUT2D eigenvalue weighted by molar-refractivity contribution is 8.77. The first-order valence-corrected chi connectivity index (χ1v) is 28.3. The van der Waals surface area contributed by atoms with E-state index in [4.69, 9.17) is 40.0 Å². The van der Waals surface area contributed by atoms with Crippen LogP contribution in [0.25, 0.3) is 0 Å². The standard InChI is InChI=1S/C55H74ClN5O13S2/c1-31-15-13-17-43(70-12)55(68)29-42(72-52(67)57-55)34(4)50-54(8,74-50)44(28-47(65)61(10)40-25-36(23-31)26-41(69-11)49(40)56)73-51(66)35(5)60(9)46(64)20-22-75-76-53(6,7)30-45(63)59-58-39-19-18-37-27-38(24-32(2)48(37)39)71-21-14-16-33(3)62/h13,15,17,24-27,34-35,42-44,50,68H,14,16,18-23,28-30H2,1-12H3,(H,57,67)(H,59,63)/b17-13+,31-15+,58-39+/t34-,35+,42+,43-,44+,50+,54+,55+/m1/s1. The summed E-state index contributed by atoms with van der Waals surface area (Å²) in [6, 6.07) is 6.45. The van der Waals surface area contributed by atoms with Gasteiger partial charge in [0, 0.05) is 68.9 Å². The van der Waals surface area contributed by atoms with Gasteiger partial charge in [0.25, 0.3) is 0 Å². The number of nitrogens with zero attached hydrogens (tertiary/aromatic N) is 3. The number of epoxide rings is 1. The third kappa shape index (κ3) is 14.9. The zero-order chi connectivity index (χ0) is 55.9. The Kier molecular flexibility index (Phi) is 20.2. The predicted octanol–water partition coefficient (Wildman–Crippen LogP) is 7.98. The van der Waals surface area contributed by atoms with Gasteiger partial charge in [0.15, 0.2) is 5.72 Å². The number of hydrogen-bond acceptors (Lipinski definition) is 16. The van der Waals surface area contributed by atoms with Crippen LogP contribution in [0.4, 0.5) is 10.5 Å². The minimum absolute atomic E-state index is 0.0816. The predicted molar refractivity (Wildman–Crippen MR) is 294 cm³/mol. The van der Waals surface area contributed by atoms with Gasteiger partial charge in [-0.05, 0) is 115 Å². The van der Waals surface area contributed by atoms with E-state index >= 15 is 0 Å². The van der Waals surface area contributed by atoms with Crippen molar-refractivity contribution in [1.82, 2.24) is 15.6 Å². The van der Waals surface area contributed by atoms with Crippen molar-refractivity contribution in [3.63, 3.8) is 0 Å². The summed E-state index contributed by atoms with van der Waals surface area (Å²) in [4.78, 5) is 82.3. The van der Waals surface area contributed by atoms with Crippen molar-refractivity contribution in [2.45, 2.75) is 160 Å². The van der Waals surface area contributed by atoms with E-state index in [0.717, 1.165) is 45.7 Å². The molecule has 18 nitrogen and oxygen atoms in total. The van der Waals surface area contributed by atoms with Gasteiger partial charge < -0.3 is 48.1 Å². The molecule has 2 fully saturated rings. The van der Waals surface area contributed by atoms with Crippen LogP contribution in [0, 0.1) is 12.8 Å². The first-order valence-electron chi connectivity index (χ1n) is 25.6. The Bertz CT molecular complexity index is 2630. The SMILES string of the molecule is COc1cc2cc(c1Cl)N(C)C(=O)C[C@H](OC(=O)[C@H](C)N(C)C(=O)CCSSC(C)(C)CC(=O)N/N=C1\CCc3cc(OCCCC(C)=O)cc(C)c31)[C@]1(C)O[C@H]1[C@H](C)[C@@H]1C[C@@](O)(NC(=O)O1)[C@H](OC)/C=C/C=C(\C)C2. The number of halogens is 1. The van der Waals surface area contributed by atoms with Crippen molar-refractivity contribution in [2.24, 2.45) is 11.0 Å². The molecule has 3 N–H and O–H groups in total. The molecule has 2 saturated heterocycles. The summed E-state index contributed by atoms with van der Waals surface area (Å²) < 4.78 is 34.9. The van der Waals surface area contributed by atoms with E-state index in [-0.39, 0.29) is 48.3 Å². The number of esters is 1. The normalized spacial score (nSPS) is 26.7. The van der Waals surface area contributed by atoms with Gasteiger partial charge in [0.1, 0.15) is 52.3 Å². The van der Waals surface area contributed by atoms with Crippen molar-refractivity contribution in [3.8, 4) is 11.5 Å². The number of aliphatic hydroxyl groups is 1. The fourth-order valence-electron chi connectivity index (χ4n) is 9.83. The molecule has 3 aliphatic heterocycles. The number of rotatable bonds is 18. The lowest BCUT2D eigenvalue weighted by molar-refractivity contribution is -0.162. The Balaban J connectivity index is 1.08. The largest absolute Gasteiger partial charge is 0.495 e. The molecule has 0 spiro atoms. The average molecular weight is 1110 g/mol. The number of benzene rings is 2. The first-order chi connectivity index (χ1) is 35.8. The fraction of sp³-hybridized carbons (Fsp3) is 0.582. The van der Waals surface area contributed by atoms with Crippen molar-refractivity contribution < 1.29 is 62.3 Å². The highest BCUT2D eigenvalue weighted by atomic mass is 35.5. The van der Waals surface area contributed by atoms with Gasteiger partial charge in [-0.3, -0.25) is 19.7 Å². The summed E-state index contributed by atoms with van der Waals surface area (Å²) in [5, 5.41) is 19.1. The molecule has 1 aliphatic carbocycles. The smallest absolute Gasteiger partial charge is 0.409 e. The Hall–Kier alpha value is -5.12. The van der Waals surface area contributed by atoms with Gasteiger partial charge >= 0.3 is 12.1 Å². The van der Waals surface area contributed by atoms with E-state index in [9.17, 15) is 33.9 Å². The van der Waals surface area contributed by atoms with E-state index in [0.29, 0.717) is 49.5 Å². The molecule has 0 saturated carbocycles. The number of likely N-dealkylation sites (N-methyl/N-ethyl adjacent to an activating group) is 1. The molecular weight excluding hydrogens is 1040 g/mol. The van der Waals surface area contributed by atoms with Crippen LogP contribution in [0.3, 0.4) is 0 Å².